The number of benzene rings is 2. The highest BCUT2D eigenvalue weighted by Crippen LogP contribution is 2.31. The number of nitrogens with two attached hydrogens (primary N) is 1. The number of amides is 1. The van der Waals surface area contributed by atoms with Gasteiger partial charge in [-0.2, -0.15) is 13.1 Å². The molecule has 3 aromatic rings. The number of carbonyl (C=O) groups excluding carboxylic acids is 1. The van der Waals surface area contributed by atoms with Crippen molar-refractivity contribution in [2.45, 2.75) is 32.7 Å². The summed E-state index contributed by atoms with van der Waals surface area (Å²) in [6.45, 7) is 4.72. The van der Waals surface area contributed by atoms with Crippen molar-refractivity contribution in [3.05, 3.63) is 82.1 Å². The summed E-state index contributed by atoms with van der Waals surface area (Å²) >= 11 is 0. The molecule has 9 nitrogen and oxygen atoms in total. The molecule has 0 atom stereocenters. The third-order valence-corrected chi connectivity index (χ3v) is 6.71. The highest BCUT2D eigenvalue weighted by molar-refractivity contribution is 7.90. The Hall–Kier alpha value is -3.75. The summed E-state index contributed by atoms with van der Waals surface area (Å²) in [4.78, 5) is 15.8. The molecule has 0 radical (unpaired) electrons. The average molecular weight is 570 g/mol. The van der Waals surface area contributed by atoms with Gasteiger partial charge in [0.2, 0.25) is 0 Å². The zero-order chi connectivity index (χ0) is 29.1. The Labute approximate surface area is 223 Å². The maximum atomic E-state index is 15.2. The van der Waals surface area contributed by atoms with Crippen LogP contribution in [0.15, 0.2) is 36.5 Å². The number of ether oxygens (including phenoxy) is 1. The Balaban J connectivity index is 1.96. The van der Waals surface area contributed by atoms with Crippen molar-refractivity contribution < 1.29 is 35.5 Å². The summed E-state index contributed by atoms with van der Waals surface area (Å²) in [7, 11) is -2.94. The first-order valence-corrected chi connectivity index (χ1v) is 12.9. The van der Waals surface area contributed by atoms with E-state index < -0.39 is 74.0 Å². The molecule has 0 bridgehead atoms. The fourth-order valence-corrected chi connectivity index (χ4v) is 5.02. The molecule has 1 aromatic heterocycles. The Morgan fingerprint density at radius 1 is 1.05 bits per heavy atom. The molecular weight excluding hydrogens is 542 g/mol. The number of nitrogens with one attached hydrogen (secondary N) is 3. The molecule has 0 saturated carbocycles. The summed E-state index contributed by atoms with van der Waals surface area (Å²) < 4.78 is 93.9. The Morgan fingerprint density at radius 2 is 1.74 bits per heavy atom. The summed E-state index contributed by atoms with van der Waals surface area (Å²) in [5, 5.41) is 2.36. The highest BCUT2D eigenvalue weighted by Gasteiger charge is 2.27. The van der Waals surface area contributed by atoms with Gasteiger partial charge in [0.05, 0.1) is 29.1 Å². The van der Waals surface area contributed by atoms with Crippen LogP contribution in [0.5, 0.6) is 0 Å². The third-order valence-electron chi connectivity index (χ3n) is 5.43. The molecule has 0 fully saturated rings. The number of hydrogen-bond acceptors (Lipinski definition) is 6. The number of halogens is 4. The molecule has 1 heterocycles. The number of hydrogen-bond donors (Lipinski definition) is 4. The van der Waals surface area contributed by atoms with Crippen LogP contribution in [0.4, 0.5) is 34.8 Å². The van der Waals surface area contributed by atoms with Crippen molar-refractivity contribution in [3.63, 3.8) is 0 Å². The largest absolute Gasteiger partial charge is 0.383 e. The van der Waals surface area contributed by atoms with Gasteiger partial charge in [-0.3, -0.25) is 9.52 Å². The Kier molecular flexibility index (Phi) is 8.83. The zero-order valence-corrected chi connectivity index (χ0v) is 22.3. The third kappa shape index (κ3) is 7.22. The summed E-state index contributed by atoms with van der Waals surface area (Å²) in [6, 6.07) is 5.99. The van der Waals surface area contributed by atoms with E-state index in [-0.39, 0.29) is 17.9 Å². The number of rotatable bonds is 11. The number of nitrogens with zero attached hydrogens (tertiary/aromatic N) is 1. The predicted molar refractivity (Wildman–Crippen MR) is 138 cm³/mol. The molecule has 1 amide bonds. The van der Waals surface area contributed by atoms with E-state index >= 15 is 13.2 Å². The second-order valence-electron chi connectivity index (χ2n) is 9.39. The van der Waals surface area contributed by atoms with Crippen molar-refractivity contribution in [1.82, 2.24) is 9.71 Å². The fourth-order valence-electron chi connectivity index (χ4n) is 3.78. The van der Waals surface area contributed by atoms with Crippen molar-refractivity contribution in [2.24, 2.45) is 5.73 Å². The lowest BCUT2D eigenvalue weighted by Crippen LogP contribution is -2.49. The molecule has 0 saturated heterocycles. The maximum Gasteiger partial charge on any atom is 0.300 e. The van der Waals surface area contributed by atoms with Gasteiger partial charge in [0, 0.05) is 19.7 Å². The van der Waals surface area contributed by atoms with Crippen molar-refractivity contribution >= 4 is 33.3 Å². The molecule has 0 spiro atoms. The van der Waals surface area contributed by atoms with Crippen LogP contribution in [-0.2, 0) is 21.4 Å². The molecule has 210 valence electrons. The fraction of sp³-hybridized carbons (Fsp3) is 0.280. The summed E-state index contributed by atoms with van der Waals surface area (Å²) in [6.07, 6.45) is 0.462. The Bertz CT molecular complexity index is 1520. The minimum atomic E-state index is -4.32. The lowest BCUT2D eigenvalue weighted by Gasteiger charge is -2.25. The van der Waals surface area contributed by atoms with E-state index in [0.717, 1.165) is 24.4 Å². The molecule has 0 aliphatic heterocycles. The number of pyridine rings is 1. The molecule has 5 N–H and O–H groups in total. The van der Waals surface area contributed by atoms with E-state index in [1.54, 1.807) is 6.92 Å². The average Bonchev–Trinajstić information content (AvgIpc) is 2.81. The van der Waals surface area contributed by atoms with Crippen molar-refractivity contribution in [1.29, 1.82) is 0 Å². The van der Waals surface area contributed by atoms with E-state index in [1.807, 2.05) is 4.72 Å². The second-order valence-corrected chi connectivity index (χ2v) is 10.8. The van der Waals surface area contributed by atoms with Crippen LogP contribution in [0.2, 0.25) is 0 Å². The van der Waals surface area contributed by atoms with Gasteiger partial charge in [-0.1, -0.05) is 6.07 Å². The number of methoxy groups -OCH3 is 1. The minimum Gasteiger partial charge on any atom is -0.383 e. The number of aromatic nitrogens is 1. The van der Waals surface area contributed by atoms with Gasteiger partial charge >= 0.3 is 10.2 Å². The number of anilines is 3. The van der Waals surface area contributed by atoms with Crippen LogP contribution < -0.4 is 20.5 Å². The van der Waals surface area contributed by atoms with Gasteiger partial charge in [0.25, 0.3) is 5.91 Å². The van der Waals surface area contributed by atoms with E-state index in [2.05, 4.69) is 15.0 Å². The molecule has 14 heteroatoms. The summed E-state index contributed by atoms with van der Waals surface area (Å²) in [5.74, 6) is -6.77. The second kappa shape index (κ2) is 11.6. The van der Waals surface area contributed by atoms with E-state index in [9.17, 15) is 17.6 Å². The number of aryl methyl sites for hydroxylation is 1. The number of primary amides is 1. The molecule has 0 aliphatic carbocycles. The van der Waals surface area contributed by atoms with Gasteiger partial charge in [-0.05, 0) is 61.7 Å². The first-order valence-electron chi connectivity index (χ1n) is 11.4. The minimum absolute atomic E-state index is 0.0122. The standard InChI is InChI=1S/C25H27F4N5O4S/c1-13-5-6-18(17(26)9-13)32-22-16(23(30)35)11-15(19(27)21(22)29)10-14-7-8-31-24(20(14)28)33-39(36,37)34-25(2,3)12-38-4/h5-9,11,32,34H,10,12H2,1-4H3,(H2,30,35)(H,31,33). The molecule has 3 rings (SSSR count). The molecular formula is C25H27F4N5O4S. The van der Waals surface area contributed by atoms with Gasteiger partial charge in [0.1, 0.15) is 5.82 Å². The zero-order valence-electron chi connectivity index (χ0n) is 21.5. The molecule has 0 unspecified atom stereocenters. The van der Waals surface area contributed by atoms with E-state index in [1.165, 1.54) is 33.1 Å². The van der Waals surface area contributed by atoms with Crippen molar-refractivity contribution in [3.8, 4) is 0 Å². The van der Waals surface area contributed by atoms with Crippen LogP contribution in [-0.4, -0.2) is 38.6 Å². The quantitative estimate of drug-likeness (QED) is 0.257. The molecule has 0 aliphatic rings. The van der Waals surface area contributed by atoms with Gasteiger partial charge in [-0.15, -0.1) is 0 Å². The van der Waals surface area contributed by atoms with Crippen LogP contribution in [0.3, 0.4) is 0 Å². The van der Waals surface area contributed by atoms with Crippen LogP contribution in [0, 0.1) is 30.2 Å². The van der Waals surface area contributed by atoms with Crippen molar-refractivity contribution in [2.75, 3.05) is 23.8 Å². The molecule has 39 heavy (non-hydrogen) atoms. The summed E-state index contributed by atoms with van der Waals surface area (Å²) in [5.41, 5.74) is 2.74. The SMILES string of the molecule is COCC(C)(C)NS(=O)(=O)Nc1nccc(Cc2cc(C(N)=O)c(Nc3ccc(C)cc3F)c(F)c2F)c1F. The number of carbonyl (C=O) groups is 1. The van der Waals surface area contributed by atoms with Gasteiger partial charge in [-0.25, -0.2) is 22.5 Å². The highest BCUT2D eigenvalue weighted by atomic mass is 32.2. The normalized spacial score (nSPS) is 11.9. The maximum absolute atomic E-state index is 15.2. The first kappa shape index (κ1) is 29.8. The van der Waals surface area contributed by atoms with Gasteiger partial charge < -0.3 is 15.8 Å². The van der Waals surface area contributed by atoms with E-state index in [0.29, 0.717) is 5.56 Å². The molecule has 2 aromatic carbocycles. The van der Waals surface area contributed by atoms with Gasteiger partial charge in [0.15, 0.2) is 23.3 Å². The lowest BCUT2D eigenvalue weighted by molar-refractivity contribution is 0.100. The lowest BCUT2D eigenvalue weighted by atomic mass is 10.00. The van der Waals surface area contributed by atoms with E-state index in [4.69, 9.17) is 10.5 Å². The Morgan fingerprint density at radius 3 is 2.36 bits per heavy atom. The monoisotopic (exact) mass is 569 g/mol. The smallest absolute Gasteiger partial charge is 0.300 e. The topological polar surface area (TPSA) is 135 Å². The predicted octanol–water partition coefficient (Wildman–Crippen LogP) is 4.05. The van der Waals surface area contributed by atoms with Crippen LogP contribution >= 0.6 is 0 Å². The van der Waals surface area contributed by atoms with Crippen LogP contribution in [0.1, 0.15) is 40.9 Å². The van der Waals surface area contributed by atoms with Crippen LogP contribution in [0.25, 0.3) is 0 Å². The first-order chi connectivity index (χ1) is 18.1.